The van der Waals surface area contributed by atoms with Gasteiger partial charge in [-0.2, -0.15) is 0 Å². The third kappa shape index (κ3) is 3.60. The minimum absolute atomic E-state index is 0.887. The molecule has 1 rings (SSSR count). The molecule has 0 aromatic heterocycles. The molecule has 1 radical (unpaired) electrons. The van der Waals surface area contributed by atoms with Gasteiger partial charge in [-0.1, -0.05) is 31.9 Å². The largest absolute Gasteiger partial charge is 0.0885 e. The zero-order chi connectivity index (χ0) is 7.94. The first kappa shape index (κ1) is 8.83. The summed E-state index contributed by atoms with van der Waals surface area (Å²) in [5.74, 6) is 0.887. The summed E-state index contributed by atoms with van der Waals surface area (Å²) < 4.78 is 0. The van der Waals surface area contributed by atoms with Crippen molar-refractivity contribution in [3.8, 4) is 0 Å². The second-order valence-corrected chi connectivity index (χ2v) is 3.43. The highest BCUT2D eigenvalue weighted by Gasteiger charge is 2.05. The molecule has 1 atom stereocenters. The molecule has 1 unspecified atom stereocenters. The molecule has 0 saturated carbocycles. The maximum Gasteiger partial charge on any atom is -0.0348 e. The molecular weight excluding hydrogens is 132 g/mol. The summed E-state index contributed by atoms with van der Waals surface area (Å²) in [7, 11) is 0. The van der Waals surface area contributed by atoms with Crippen LogP contribution in [0.1, 0.15) is 45.4 Å². The Kier molecular flexibility index (Phi) is 4.33. The molecule has 0 bridgehead atoms. The first-order chi connectivity index (χ1) is 5.43. The molecule has 0 aromatic carbocycles. The molecule has 0 fully saturated rings. The molecule has 1 aliphatic rings. The molecule has 0 aliphatic heterocycles. The Morgan fingerprint density at radius 3 is 2.73 bits per heavy atom. The Hall–Kier alpha value is -0.260. The van der Waals surface area contributed by atoms with E-state index < -0.39 is 0 Å². The monoisotopic (exact) mass is 151 g/mol. The molecule has 0 N–H and O–H groups in total. The topological polar surface area (TPSA) is 0 Å². The number of allylic oxidation sites excluding steroid dienone is 2. The van der Waals surface area contributed by atoms with Crippen molar-refractivity contribution >= 4 is 0 Å². The van der Waals surface area contributed by atoms with Gasteiger partial charge in [-0.25, -0.2) is 0 Å². The summed E-state index contributed by atoms with van der Waals surface area (Å²) in [5, 5.41) is 0. The van der Waals surface area contributed by atoms with Gasteiger partial charge in [-0.05, 0) is 38.0 Å². The summed E-state index contributed by atoms with van der Waals surface area (Å²) >= 11 is 0. The van der Waals surface area contributed by atoms with E-state index in [0.29, 0.717) is 0 Å². The van der Waals surface area contributed by atoms with E-state index in [-0.39, 0.29) is 0 Å². The molecule has 63 valence electrons. The lowest BCUT2D eigenvalue weighted by molar-refractivity contribution is 0.493. The molecule has 0 spiro atoms. The van der Waals surface area contributed by atoms with Gasteiger partial charge in [0.1, 0.15) is 0 Å². The van der Waals surface area contributed by atoms with Crippen molar-refractivity contribution in [2.24, 2.45) is 5.92 Å². The highest BCUT2D eigenvalue weighted by atomic mass is 14.1. The van der Waals surface area contributed by atoms with Crippen LogP contribution in [0.4, 0.5) is 0 Å². The highest BCUT2D eigenvalue weighted by Crippen LogP contribution is 2.20. The Balaban J connectivity index is 2.28. The average molecular weight is 151 g/mol. The first-order valence-corrected chi connectivity index (χ1v) is 4.88. The van der Waals surface area contributed by atoms with E-state index in [1.165, 1.54) is 38.5 Å². The smallest absolute Gasteiger partial charge is 0.0348 e. The molecule has 0 heterocycles. The molecule has 0 nitrogen and oxygen atoms in total. The second-order valence-electron chi connectivity index (χ2n) is 3.43. The van der Waals surface area contributed by atoms with E-state index in [1.807, 2.05) is 0 Å². The highest BCUT2D eigenvalue weighted by molar-refractivity contribution is 4.85. The van der Waals surface area contributed by atoms with Crippen molar-refractivity contribution in [1.29, 1.82) is 0 Å². The Bertz CT molecular complexity index is 113. The van der Waals surface area contributed by atoms with Gasteiger partial charge in [0, 0.05) is 0 Å². The van der Waals surface area contributed by atoms with E-state index >= 15 is 0 Å². The van der Waals surface area contributed by atoms with E-state index in [0.717, 1.165) is 5.92 Å². The van der Waals surface area contributed by atoms with Gasteiger partial charge in [-0.3, -0.25) is 0 Å². The van der Waals surface area contributed by atoms with Crippen LogP contribution >= 0.6 is 0 Å². The van der Waals surface area contributed by atoms with Crippen molar-refractivity contribution in [1.82, 2.24) is 0 Å². The third-order valence-electron chi connectivity index (χ3n) is 2.54. The predicted octanol–water partition coefficient (Wildman–Crippen LogP) is 3.74. The lowest BCUT2D eigenvalue weighted by Crippen LogP contribution is -1.98. The Morgan fingerprint density at radius 2 is 1.91 bits per heavy atom. The van der Waals surface area contributed by atoms with E-state index in [1.54, 1.807) is 0 Å². The summed E-state index contributed by atoms with van der Waals surface area (Å²) in [6.07, 6.45) is 15.2. The van der Waals surface area contributed by atoms with Crippen LogP contribution in [0.25, 0.3) is 0 Å². The van der Waals surface area contributed by atoms with Gasteiger partial charge in [0.15, 0.2) is 0 Å². The predicted molar refractivity (Wildman–Crippen MR) is 50.3 cm³/mol. The van der Waals surface area contributed by atoms with Crippen molar-refractivity contribution in [3.63, 3.8) is 0 Å². The van der Waals surface area contributed by atoms with Gasteiger partial charge in [-0.15, -0.1) is 0 Å². The van der Waals surface area contributed by atoms with Crippen LogP contribution in [0.3, 0.4) is 0 Å². The maximum atomic E-state index is 2.37. The summed E-state index contributed by atoms with van der Waals surface area (Å²) in [6, 6.07) is 0. The quantitative estimate of drug-likeness (QED) is 0.501. The first-order valence-electron chi connectivity index (χ1n) is 4.88. The van der Waals surface area contributed by atoms with Crippen LogP contribution in [0.2, 0.25) is 0 Å². The molecule has 0 heteroatoms. The van der Waals surface area contributed by atoms with Crippen LogP contribution < -0.4 is 0 Å². The molecular formula is C11H19. The lowest BCUT2D eigenvalue weighted by Gasteiger charge is -2.11. The van der Waals surface area contributed by atoms with Crippen molar-refractivity contribution in [3.05, 3.63) is 18.6 Å². The number of hydrogen-bond donors (Lipinski definition) is 0. The van der Waals surface area contributed by atoms with E-state index in [2.05, 4.69) is 25.5 Å². The fourth-order valence-electron chi connectivity index (χ4n) is 1.69. The van der Waals surface area contributed by atoms with Gasteiger partial charge in [0.25, 0.3) is 0 Å². The van der Waals surface area contributed by atoms with Crippen LogP contribution in [-0.4, -0.2) is 0 Å². The van der Waals surface area contributed by atoms with Crippen molar-refractivity contribution < 1.29 is 0 Å². The normalized spacial score (nSPS) is 30.1. The second kappa shape index (κ2) is 5.40. The maximum absolute atomic E-state index is 2.37. The van der Waals surface area contributed by atoms with Crippen LogP contribution in [-0.2, 0) is 0 Å². The fraction of sp³-hybridized carbons (Fsp3) is 0.727. The lowest BCUT2D eigenvalue weighted by atomic mass is 9.95. The summed E-state index contributed by atoms with van der Waals surface area (Å²) in [5.41, 5.74) is 0. The van der Waals surface area contributed by atoms with Crippen LogP contribution in [0, 0.1) is 12.3 Å². The van der Waals surface area contributed by atoms with Crippen LogP contribution in [0.5, 0.6) is 0 Å². The molecule has 0 aromatic rings. The standard InChI is InChI=1S/C11H19/c1-2-11-9-7-5-3-4-6-8-10-11/h2-3,5,11H,4,6-10H2,1H3/b5-3-. The summed E-state index contributed by atoms with van der Waals surface area (Å²) in [4.78, 5) is 0. The van der Waals surface area contributed by atoms with Crippen LogP contribution in [0.15, 0.2) is 12.2 Å². The third-order valence-corrected chi connectivity index (χ3v) is 2.54. The number of rotatable bonds is 1. The zero-order valence-electron chi connectivity index (χ0n) is 7.55. The average Bonchev–Trinajstić information content (AvgIpc) is 2.16. The van der Waals surface area contributed by atoms with Gasteiger partial charge in [0.05, 0.1) is 0 Å². The van der Waals surface area contributed by atoms with E-state index in [9.17, 15) is 0 Å². The fourth-order valence-corrected chi connectivity index (χ4v) is 1.69. The molecule has 11 heavy (non-hydrogen) atoms. The number of hydrogen-bond acceptors (Lipinski definition) is 0. The van der Waals surface area contributed by atoms with Gasteiger partial charge >= 0.3 is 0 Å². The Labute approximate surface area is 70.7 Å². The van der Waals surface area contributed by atoms with E-state index in [4.69, 9.17) is 0 Å². The van der Waals surface area contributed by atoms with Gasteiger partial charge in [0.2, 0.25) is 0 Å². The SMILES string of the molecule is C[CH]C1CC/C=C\CCCC1. The molecule has 0 amide bonds. The minimum atomic E-state index is 0.887. The molecule has 0 saturated heterocycles. The van der Waals surface area contributed by atoms with Gasteiger partial charge < -0.3 is 0 Å². The Morgan fingerprint density at radius 1 is 1.09 bits per heavy atom. The zero-order valence-corrected chi connectivity index (χ0v) is 7.55. The summed E-state index contributed by atoms with van der Waals surface area (Å²) in [6.45, 7) is 2.20. The van der Waals surface area contributed by atoms with Crippen molar-refractivity contribution in [2.45, 2.75) is 45.4 Å². The van der Waals surface area contributed by atoms with Crippen molar-refractivity contribution in [2.75, 3.05) is 0 Å². The molecule has 1 aliphatic carbocycles. The minimum Gasteiger partial charge on any atom is -0.0885 e.